The molecule has 2 aromatic carbocycles. The third-order valence-electron chi connectivity index (χ3n) is 5.64. The van der Waals surface area contributed by atoms with Gasteiger partial charge in [0.05, 0.1) is 6.04 Å². The summed E-state index contributed by atoms with van der Waals surface area (Å²) >= 11 is 0. The molecule has 2 heterocycles. The highest BCUT2D eigenvalue weighted by molar-refractivity contribution is 5.94. The van der Waals surface area contributed by atoms with E-state index in [-0.39, 0.29) is 5.91 Å². The number of amides is 1. The summed E-state index contributed by atoms with van der Waals surface area (Å²) in [6.45, 7) is 2.50. The topological polar surface area (TPSA) is 49.6 Å². The fraction of sp³-hybridized carbons (Fsp3) is 0.409. The Balaban J connectivity index is 1.55. The molecule has 0 saturated carbocycles. The predicted octanol–water partition coefficient (Wildman–Crippen LogP) is 4.00. The predicted molar refractivity (Wildman–Crippen MR) is 106 cm³/mol. The van der Waals surface area contributed by atoms with Gasteiger partial charge in [-0.25, -0.2) is 0 Å². The van der Waals surface area contributed by atoms with Crippen LogP contribution in [0.4, 0.5) is 11.4 Å². The highest BCUT2D eigenvalue weighted by Crippen LogP contribution is 2.37. The number of hydrogen-bond donors (Lipinski definition) is 1. The molecule has 4 rings (SSSR count). The average molecular weight is 349 g/mol. The van der Waals surface area contributed by atoms with Gasteiger partial charge in [-0.3, -0.25) is 4.79 Å². The summed E-state index contributed by atoms with van der Waals surface area (Å²) in [6.07, 6.45) is 5.15. The van der Waals surface area contributed by atoms with E-state index in [1.165, 1.54) is 29.7 Å². The van der Waals surface area contributed by atoms with Crippen LogP contribution in [0.2, 0.25) is 0 Å². The van der Waals surface area contributed by atoms with Crippen LogP contribution in [0.3, 0.4) is 0 Å². The monoisotopic (exact) mass is 349 g/mol. The molecule has 4 heteroatoms. The Morgan fingerprint density at radius 2 is 1.77 bits per heavy atom. The molecule has 2 N–H and O–H groups in total. The fourth-order valence-electron chi connectivity index (χ4n) is 4.25. The van der Waals surface area contributed by atoms with Crippen LogP contribution in [0.15, 0.2) is 48.5 Å². The molecule has 0 bridgehead atoms. The quantitative estimate of drug-likeness (QED) is 0.907. The van der Waals surface area contributed by atoms with Crippen LogP contribution in [0.5, 0.6) is 0 Å². The summed E-state index contributed by atoms with van der Waals surface area (Å²) in [7, 11) is 0. The fourth-order valence-corrected chi connectivity index (χ4v) is 4.25. The van der Waals surface area contributed by atoms with E-state index in [0.717, 1.165) is 31.6 Å². The van der Waals surface area contributed by atoms with Gasteiger partial charge in [-0.15, -0.1) is 0 Å². The average Bonchev–Trinajstić information content (AvgIpc) is 3.18. The molecule has 0 unspecified atom stereocenters. The van der Waals surface area contributed by atoms with E-state index < -0.39 is 0 Å². The van der Waals surface area contributed by atoms with Crippen LogP contribution < -0.4 is 15.5 Å². The van der Waals surface area contributed by atoms with E-state index in [9.17, 15) is 4.79 Å². The summed E-state index contributed by atoms with van der Waals surface area (Å²) in [5.74, 6) is 0.252. The molecule has 4 nitrogen and oxygen atoms in total. The normalized spacial score (nSPS) is 20.7. The van der Waals surface area contributed by atoms with Gasteiger partial charge >= 0.3 is 0 Å². The minimum absolute atomic E-state index is 0.252. The van der Waals surface area contributed by atoms with Crippen LogP contribution in [0.25, 0.3) is 0 Å². The Labute approximate surface area is 155 Å². The first kappa shape index (κ1) is 17.1. The molecule has 0 radical (unpaired) electrons. The Kier molecular flexibility index (Phi) is 4.93. The number of piperidine rings is 1. The Morgan fingerprint density at radius 3 is 2.54 bits per heavy atom. The summed E-state index contributed by atoms with van der Waals surface area (Å²) in [5.41, 5.74) is 10.6. The van der Waals surface area contributed by atoms with E-state index >= 15 is 0 Å². The van der Waals surface area contributed by atoms with Gasteiger partial charge in [0, 0.05) is 37.4 Å². The molecular weight excluding hydrogens is 322 g/mol. The first-order valence-corrected chi connectivity index (χ1v) is 9.72. The van der Waals surface area contributed by atoms with Crippen LogP contribution in [0, 0.1) is 0 Å². The van der Waals surface area contributed by atoms with Crippen molar-refractivity contribution >= 4 is 17.3 Å². The highest BCUT2D eigenvalue weighted by Gasteiger charge is 2.27. The smallest absolute Gasteiger partial charge is 0.226 e. The van der Waals surface area contributed by atoms with Crippen LogP contribution in [-0.4, -0.2) is 19.0 Å². The molecule has 2 fully saturated rings. The Bertz CT molecular complexity index is 771. The van der Waals surface area contributed by atoms with Gasteiger partial charge in [0.25, 0.3) is 0 Å². The summed E-state index contributed by atoms with van der Waals surface area (Å²) < 4.78 is 0. The minimum Gasteiger partial charge on any atom is -0.364 e. The van der Waals surface area contributed by atoms with Crippen molar-refractivity contribution in [3.63, 3.8) is 0 Å². The molecule has 136 valence electrons. The Hall–Kier alpha value is -2.33. The Morgan fingerprint density at radius 1 is 0.962 bits per heavy atom. The number of nitrogens with two attached hydrogens (primary N) is 1. The van der Waals surface area contributed by atoms with Gasteiger partial charge in [-0.2, -0.15) is 0 Å². The SMILES string of the molecule is NCc1cccc([C@H]2CCCN2c2ccc(N3CCCCC3=O)cc2)c1. The second kappa shape index (κ2) is 7.50. The second-order valence-corrected chi connectivity index (χ2v) is 7.32. The molecule has 2 saturated heterocycles. The van der Waals surface area contributed by atoms with E-state index in [4.69, 9.17) is 5.73 Å². The van der Waals surface area contributed by atoms with Crippen molar-refractivity contribution < 1.29 is 4.79 Å². The number of nitrogens with zero attached hydrogens (tertiary/aromatic N) is 2. The van der Waals surface area contributed by atoms with Crippen molar-refractivity contribution in [1.82, 2.24) is 0 Å². The van der Waals surface area contributed by atoms with E-state index in [1.54, 1.807) is 0 Å². The lowest BCUT2D eigenvalue weighted by Crippen LogP contribution is -2.35. The molecule has 26 heavy (non-hydrogen) atoms. The van der Waals surface area contributed by atoms with Crippen molar-refractivity contribution in [1.29, 1.82) is 0 Å². The summed E-state index contributed by atoms with van der Waals surface area (Å²) in [5, 5.41) is 0. The number of rotatable bonds is 4. The maximum absolute atomic E-state index is 12.1. The molecule has 2 aliphatic heterocycles. The molecule has 1 atom stereocenters. The van der Waals surface area contributed by atoms with Crippen LogP contribution in [-0.2, 0) is 11.3 Å². The summed E-state index contributed by atoms with van der Waals surface area (Å²) in [6, 6.07) is 17.6. The van der Waals surface area contributed by atoms with Crippen LogP contribution in [0.1, 0.15) is 49.3 Å². The highest BCUT2D eigenvalue weighted by atomic mass is 16.2. The largest absolute Gasteiger partial charge is 0.364 e. The van der Waals surface area contributed by atoms with E-state index in [0.29, 0.717) is 19.0 Å². The van der Waals surface area contributed by atoms with Gasteiger partial charge in [0.1, 0.15) is 0 Å². The van der Waals surface area contributed by atoms with Gasteiger partial charge < -0.3 is 15.5 Å². The molecule has 2 aromatic rings. The van der Waals surface area contributed by atoms with Crippen molar-refractivity contribution in [3.05, 3.63) is 59.7 Å². The molecule has 2 aliphatic rings. The zero-order valence-corrected chi connectivity index (χ0v) is 15.2. The van der Waals surface area contributed by atoms with Crippen LogP contribution >= 0.6 is 0 Å². The maximum Gasteiger partial charge on any atom is 0.226 e. The zero-order chi connectivity index (χ0) is 17.9. The van der Waals surface area contributed by atoms with E-state index in [2.05, 4.69) is 53.4 Å². The first-order valence-electron chi connectivity index (χ1n) is 9.72. The molecule has 0 aromatic heterocycles. The molecule has 1 amide bonds. The minimum atomic E-state index is 0.252. The maximum atomic E-state index is 12.1. The lowest BCUT2D eigenvalue weighted by molar-refractivity contribution is -0.119. The number of hydrogen-bond acceptors (Lipinski definition) is 3. The van der Waals surface area contributed by atoms with Gasteiger partial charge in [0.15, 0.2) is 0 Å². The number of carbonyl (C=O) groups excluding carboxylic acids is 1. The van der Waals surface area contributed by atoms with Gasteiger partial charge in [-0.05, 0) is 61.1 Å². The van der Waals surface area contributed by atoms with E-state index in [1.807, 2.05) is 4.90 Å². The molecule has 0 aliphatic carbocycles. The van der Waals surface area contributed by atoms with Crippen molar-refractivity contribution in [2.45, 2.75) is 44.7 Å². The van der Waals surface area contributed by atoms with Gasteiger partial charge in [0.2, 0.25) is 5.91 Å². The van der Waals surface area contributed by atoms with Gasteiger partial charge in [-0.1, -0.05) is 24.3 Å². The van der Waals surface area contributed by atoms with Crippen molar-refractivity contribution in [3.8, 4) is 0 Å². The molecular formula is C22H27N3O. The van der Waals surface area contributed by atoms with Crippen molar-refractivity contribution in [2.24, 2.45) is 5.73 Å². The zero-order valence-electron chi connectivity index (χ0n) is 15.2. The lowest BCUT2D eigenvalue weighted by atomic mass is 10.0. The molecule has 0 spiro atoms. The number of benzene rings is 2. The third-order valence-corrected chi connectivity index (χ3v) is 5.64. The third kappa shape index (κ3) is 3.34. The standard InChI is InChI=1S/C22H27N3O/c23-16-17-5-3-6-18(15-17)21-7-4-14-24(21)19-9-11-20(12-10-19)25-13-2-1-8-22(25)26/h3,5-6,9-12,15,21H,1-2,4,7-8,13-14,16,23H2/t21-/m1/s1. The second-order valence-electron chi connectivity index (χ2n) is 7.32. The first-order chi connectivity index (χ1) is 12.8. The number of carbonyl (C=O) groups is 1. The number of anilines is 2. The van der Waals surface area contributed by atoms with Crippen molar-refractivity contribution in [2.75, 3.05) is 22.9 Å². The summed E-state index contributed by atoms with van der Waals surface area (Å²) in [4.78, 5) is 16.6. The lowest BCUT2D eigenvalue weighted by Gasteiger charge is -2.30.